The van der Waals surface area contributed by atoms with Crippen molar-refractivity contribution in [3.63, 3.8) is 0 Å². The number of methoxy groups -OCH3 is 2. The number of nitrogens with zero attached hydrogens (tertiary/aromatic N) is 2. The molecule has 2 aromatic carbocycles. The SMILES string of the molecule is COc1cc2cc(C(=O)N3C[C@@H]4C[C@]45C3=CC(=O)c3[nH]c(C(=O)N4CCc6c4c(O)c(OC)c4[nH]c(C(=O)SC)cc64)cc35)[nH]c2cc1O. The van der Waals surface area contributed by atoms with Crippen LogP contribution in [0, 0.1) is 5.92 Å². The minimum atomic E-state index is -0.576. The highest BCUT2D eigenvalue weighted by molar-refractivity contribution is 8.13. The number of carbonyl (C=O) groups excluding carboxylic acids is 4. The van der Waals surface area contributed by atoms with Gasteiger partial charge in [0, 0.05) is 52.6 Å². The van der Waals surface area contributed by atoms with E-state index in [4.69, 9.17) is 9.47 Å². The van der Waals surface area contributed by atoms with Crippen LogP contribution < -0.4 is 14.4 Å². The van der Waals surface area contributed by atoms with E-state index in [2.05, 4.69) is 15.0 Å². The third-order valence-corrected chi connectivity index (χ3v) is 11.1. The second-order valence-corrected chi connectivity index (χ2v) is 13.6. The number of aromatic hydroxyl groups is 2. The van der Waals surface area contributed by atoms with Gasteiger partial charge >= 0.3 is 0 Å². The minimum absolute atomic E-state index is 0.0514. The van der Waals surface area contributed by atoms with Gasteiger partial charge in [-0.15, -0.1) is 0 Å². The number of amides is 2. The van der Waals surface area contributed by atoms with Crippen molar-refractivity contribution in [1.29, 1.82) is 0 Å². The van der Waals surface area contributed by atoms with Crippen molar-refractivity contribution >= 4 is 62.0 Å². The van der Waals surface area contributed by atoms with Gasteiger partial charge in [0.15, 0.2) is 23.0 Å². The molecule has 2 atom stereocenters. The van der Waals surface area contributed by atoms with Crippen LogP contribution in [0.3, 0.4) is 0 Å². The number of benzene rings is 2. The van der Waals surface area contributed by atoms with Crippen LogP contribution in [-0.2, 0) is 11.8 Å². The maximum absolute atomic E-state index is 14.2. The number of hydrogen-bond acceptors (Lipinski definition) is 9. The number of aromatic nitrogens is 3. The van der Waals surface area contributed by atoms with Crippen molar-refractivity contribution in [3.05, 3.63) is 76.0 Å². The van der Waals surface area contributed by atoms with Crippen LogP contribution in [-0.4, -0.2) is 86.3 Å². The summed E-state index contributed by atoms with van der Waals surface area (Å²) in [6.45, 7) is 0.683. The van der Waals surface area contributed by atoms with Crippen molar-refractivity contribution in [2.45, 2.75) is 18.3 Å². The highest BCUT2D eigenvalue weighted by atomic mass is 32.2. The van der Waals surface area contributed by atoms with E-state index in [1.54, 1.807) is 35.4 Å². The largest absolute Gasteiger partial charge is 0.504 e. The number of phenolic OH excluding ortho intramolecular Hbond substituents is 2. The van der Waals surface area contributed by atoms with Crippen LogP contribution >= 0.6 is 11.8 Å². The van der Waals surface area contributed by atoms with Crippen LogP contribution in [0.1, 0.15) is 59.5 Å². The molecule has 2 aliphatic carbocycles. The number of thioether (sulfide) groups is 1. The summed E-state index contributed by atoms with van der Waals surface area (Å²) in [5.41, 5.74) is 3.98. The zero-order valence-corrected chi connectivity index (χ0v) is 27.3. The Morgan fingerprint density at radius 3 is 2.49 bits per heavy atom. The molecular weight excluding hydrogens is 650 g/mol. The Hall–Kier alpha value is -5.63. The number of rotatable bonds is 5. The number of piperidine rings is 1. The van der Waals surface area contributed by atoms with E-state index in [-0.39, 0.29) is 52.2 Å². The molecule has 0 unspecified atom stereocenters. The summed E-state index contributed by atoms with van der Waals surface area (Å²) >= 11 is 1.06. The molecule has 5 heterocycles. The number of likely N-dealkylation sites (tertiary alicyclic amines) is 1. The highest BCUT2D eigenvalue weighted by Gasteiger charge is 2.68. The summed E-state index contributed by atoms with van der Waals surface area (Å²) in [5, 5.41) is 22.8. The van der Waals surface area contributed by atoms with Crippen LogP contribution in [0.25, 0.3) is 21.8 Å². The lowest BCUT2D eigenvalue weighted by Gasteiger charge is -2.27. The Kier molecular flexibility index (Phi) is 5.99. The van der Waals surface area contributed by atoms with Crippen LogP contribution in [0.2, 0.25) is 0 Å². The summed E-state index contributed by atoms with van der Waals surface area (Å²) in [6, 6.07) is 8.28. The molecular formula is C35H29N5O8S. The molecule has 1 saturated carbocycles. The quantitative estimate of drug-likeness (QED) is 0.177. The Balaban J connectivity index is 1.05. The summed E-state index contributed by atoms with van der Waals surface area (Å²) in [7, 11) is 2.86. The van der Waals surface area contributed by atoms with Gasteiger partial charge in [-0.05, 0) is 60.4 Å². The standard InChI is InChI=1S/C35H29N5O8S/c1-47-25-7-14-6-20(36-19(14)10-23(25)41)33(45)40-13-15-12-35(15)18-9-21(37-28(18)24(42)11-26(35)40)32(44)39-5-4-16-17-8-22(34(46)49-3)38-27(17)31(48-2)30(43)29(16)39/h6-11,15,36-38,41,43H,4-5,12-13H2,1-3H3/t15-,35-/m0/s1. The van der Waals surface area contributed by atoms with E-state index in [0.717, 1.165) is 18.2 Å². The topological polar surface area (TPSA) is 181 Å². The van der Waals surface area contributed by atoms with Gasteiger partial charge in [-0.3, -0.25) is 19.2 Å². The molecule has 0 radical (unpaired) electrons. The van der Waals surface area contributed by atoms with E-state index in [0.29, 0.717) is 80.1 Å². The summed E-state index contributed by atoms with van der Waals surface area (Å²) < 4.78 is 10.7. The number of hydrogen-bond donors (Lipinski definition) is 5. The third-order valence-electron chi connectivity index (χ3n) is 10.5. The number of H-pyrrole nitrogens is 3. The zero-order chi connectivity index (χ0) is 34.1. The van der Waals surface area contributed by atoms with Crippen LogP contribution in [0.15, 0.2) is 42.1 Å². The van der Waals surface area contributed by atoms with Crippen molar-refractivity contribution in [3.8, 4) is 23.0 Å². The van der Waals surface area contributed by atoms with Gasteiger partial charge in [-0.1, -0.05) is 11.8 Å². The maximum atomic E-state index is 14.2. The number of phenols is 2. The Labute approximate surface area is 281 Å². The predicted octanol–water partition coefficient (Wildman–Crippen LogP) is 4.61. The number of aromatic amines is 3. The number of fused-ring (bicyclic) bond motifs is 5. The second-order valence-electron chi connectivity index (χ2n) is 12.8. The fraction of sp³-hybridized carbons (Fsp3) is 0.257. The molecule has 4 aliphatic rings. The van der Waals surface area contributed by atoms with Gasteiger partial charge in [0.1, 0.15) is 11.4 Å². The van der Waals surface area contributed by atoms with Crippen molar-refractivity contribution < 1.29 is 38.9 Å². The fourth-order valence-electron chi connectivity index (χ4n) is 8.19. The van der Waals surface area contributed by atoms with E-state index in [1.807, 2.05) is 0 Å². The smallest absolute Gasteiger partial charge is 0.274 e. The minimum Gasteiger partial charge on any atom is -0.504 e. The molecule has 1 saturated heterocycles. The molecule has 2 aliphatic heterocycles. The Bertz CT molecular complexity index is 2400. The number of carbonyl (C=O) groups is 4. The predicted molar refractivity (Wildman–Crippen MR) is 180 cm³/mol. The number of nitrogens with one attached hydrogen (secondary N) is 3. The van der Waals surface area contributed by atoms with Crippen molar-refractivity contribution in [2.24, 2.45) is 5.92 Å². The molecule has 49 heavy (non-hydrogen) atoms. The van der Waals surface area contributed by atoms with Crippen molar-refractivity contribution in [1.82, 2.24) is 19.9 Å². The molecule has 14 heteroatoms. The van der Waals surface area contributed by atoms with Gasteiger partial charge < -0.3 is 44.4 Å². The van der Waals surface area contributed by atoms with Crippen LogP contribution in [0.4, 0.5) is 5.69 Å². The first-order valence-corrected chi connectivity index (χ1v) is 16.9. The Morgan fingerprint density at radius 2 is 1.73 bits per heavy atom. The lowest BCUT2D eigenvalue weighted by Crippen LogP contribution is -2.33. The van der Waals surface area contributed by atoms with Gasteiger partial charge in [0.2, 0.25) is 10.9 Å². The monoisotopic (exact) mass is 679 g/mol. The zero-order valence-electron chi connectivity index (χ0n) is 26.5. The molecule has 248 valence electrons. The molecule has 13 nitrogen and oxygen atoms in total. The summed E-state index contributed by atoms with van der Waals surface area (Å²) in [4.78, 5) is 66.3. The van der Waals surface area contributed by atoms with Gasteiger partial charge in [0.05, 0.1) is 36.8 Å². The highest BCUT2D eigenvalue weighted by Crippen LogP contribution is 2.67. The maximum Gasteiger partial charge on any atom is 0.274 e. The molecule has 5 aromatic rings. The molecule has 1 spiro atoms. The third kappa shape index (κ3) is 3.82. The lowest BCUT2D eigenvalue weighted by molar-refractivity contribution is 0.0806. The summed E-state index contributed by atoms with van der Waals surface area (Å²) in [5.74, 6) is -0.833. The van der Waals surface area contributed by atoms with Crippen LogP contribution in [0.5, 0.6) is 23.0 Å². The van der Waals surface area contributed by atoms with Gasteiger partial charge in [0.25, 0.3) is 11.8 Å². The second kappa shape index (κ2) is 9.95. The number of ether oxygens (including phenoxy) is 2. The number of ketones is 1. The average Bonchev–Trinajstić information content (AvgIpc) is 3.73. The number of anilines is 1. The molecule has 9 rings (SSSR count). The number of allylic oxidation sites excluding steroid dienone is 2. The Morgan fingerprint density at radius 1 is 0.959 bits per heavy atom. The van der Waals surface area contributed by atoms with Gasteiger partial charge in [-0.2, -0.15) is 0 Å². The average molecular weight is 680 g/mol. The fourth-order valence-corrected chi connectivity index (χ4v) is 8.52. The first kappa shape index (κ1) is 29.5. The lowest BCUT2D eigenvalue weighted by atomic mass is 9.85. The molecule has 2 fully saturated rings. The van der Waals surface area contributed by atoms with E-state index in [9.17, 15) is 29.4 Å². The molecule has 3 aromatic heterocycles. The van der Waals surface area contributed by atoms with Crippen molar-refractivity contribution in [2.75, 3.05) is 38.5 Å². The first-order valence-electron chi connectivity index (χ1n) is 15.7. The molecule has 0 bridgehead atoms. The van der Waals surface area contributed by atoms with Gasteiger partial charge in [-0.25, -0.2) is 0 Å². The molecule has 5 N–H and O–H groups in total. The summed E-state index contributed by atoms with van der Waals surface area (Å²) in [6.07, 6.45) is 4.35. The molecule has 2 amide bonds. The van der Waals surface area contributed by atoms with E-state index >= 15 is 0 Å². The van der Waals surface area contributed by atoms with E-state index in [1.165, 1.54) is 31.3 Å². The van der Waals surface area contributed by atoms with E-state index < -0.39 is 11.3 Å². The normalized spacial score (nSPS) is 20.3. The first-order chi connectivity index (χ1) is 23.6.